The molecule has 0 spiro atoms. The second kappa shape index (κ2) is 5.93. The van der Waals surface area contributed by atoms with Crippen molar-refractivity contribution in [3.8, 4) is 0 Å². The lowest BCUT2D eigenvalue weighted by molar-refractivity contribution is 0.516. The Hall–Kier alpha value is -1.75. The summed E-state index contributed by atoms with van der Waals surface area (Å²) in [5.74, 6) is 0.114. The maximum atomic E-state index is 13.8. The zero-order valence-electron chi connectivity index (χ0n) is 11.0. The maximum absolute atomic E-state index is 13.8. The van der Waals surface area contributed by atoms with Crippen LogP contribution in [0, 0.1) is 18.6 Å². The molecule has 0 radical (unpaired) electrons. The van der Waals surface area contributed by atoms with E-state index in [2.05, 4.69) is 15.3 Å². The quantitative estimate of drug-likeness (QED) is 0.872. The molecule has 2 rings (SSSR count). The highest BCUT2D eigenvalue weighted by Gasteiger charge is 2.13. The van der Waals surface area contributed by atoms with Crippen LogP contribution in [0.3, 0.4) is 0 Å². The van der Waals surface area contributed by atoms with Crippen LogP contribution in [0.5, 0.6) is 0 Å². The number of imidazole rings is 1. The van der Waals surface area contributed by atoms with E-state index in [1.165, 1.54) is 12.1 Å². The van der Waals surface area contributed by atoms with Crippen molar-refractivity contribution in [3.05, 3.63) is 53.1 Å². The van der Waals surface area contributed by atoms with Crippen molar-refractivity contribution in [2.24, 2.45) is 0 Å². The normalized spacial score (nSPS) is 12.6. The van der Waals surface area contributed by atoms with Gasteiger partial charge in [0.25, 0.3) is 0 Å². The van der Waals surface area contributed by atoms with Crippen LogP contribution in [0.1, 0.15) is 29.9 Å². The van der Waals surface area contributed by atoms with Gasteiger partial charge in [0.1, 0.15) is 17.5 Å². The minimum atomic E-state index is -0.379. The number of aromatic nitrogens is 2. The summed E-state index contributed by atoms with van der Waals surface area (Å²) >= 11 is 0. The largest absolute Gasteiger partial charge is 0.349 e. The summed E-state index contributed by atoms with van der Waals surface area (Å²) < 4.78 is 27.2. The molecule has 0 aliphatic rings. The molecule has 0 saturated carbocycles. The Morgan fingerprint density at radius 1 is 1.32 bits per heavy atom. The number of hydrogen-bond donors (Lipinski definition) is 2. The van der Waals surface area contributed by atoms with Gasteiger partial charge in [-0.25, -0.2) is 13.8 Å². The SMILES string of the molecule is Cc1cc(F)c(C(C)NCCc2ncc[nH]2)cc1F. The van der Waals surface area contributed by atoms with E-state index in [0.717, 1.165) is 5.82 Å². The van der Waals surface area contributed by atoms with Gasteiger partial charge in [-0.15, -0.1) is 0 Å². The Morgan fingerprint density at radius 2 is 2.11 bits per heavy atom. The third-order valence-corrected chi connectivity index (χ3v) is 3.11. The van der Waals surface area contributed by atoms with Gasteiger partial charge in [-0.3, -0.25) is 0 Å². The summed E-state index contributed by atoms with van der Waals surface area (Å²) in [7, 11) is 0. The molecule has 3 nitrogen and oxygen atoms in total. The summed E-state index contributed by atoms with van der Waals surface area (Å²) in [6.07, 6.45) is 4.16. The predicted octanol–water partition coefficient (Wildman–Crippen LogP) is 2.89. The third kappa shape index (κ3) is 3.38. The number of nitrogens with zero attached hydrogens (tertiary/aromatic N) is 1. The van der Waals surface area contributed by atoms with Gasteiger partial charge in [0.15, 0.2) is 0 Å². The Morgan fingerprint density at radius 3 is 2.79 bits per heavy atom. The highest BCUT2D eigenvalue weighted by atomic mass is 19.1. The van der Waals surface area contributed by atoms with Crippen LogP contribution in [0.4, 0.5) is 8.78 Å². The van der Waals surface area contributed by atoms with Crippen molar-refractivity contribution >= 4 is 0 Å². The van der Waals surface area contributed by atoms with Crippen LogP contribution in [0.2, 0.25) is 0 Å². The van der Waals surface area contributed by atoms with Crippen molar-refractivity contribution in [1.29, 1.82) is 0 Å². The lowest BCUT2D eigenvalue weighted by Crippen LogP contribution is -2.22. The Labute approximate surface area is 111 Å². The topological polar surface area (TPSA) is 40.7 Å². The number of hydrogen-bond acceptors (Lipinski definition) is 2. The Kier molecular flexibility index (Phi) is 4.27. The average Bonchev–Trinajstić information content (AvgIpc) is 2.86. The van der Waals surface area contributed by atoms with Crippen LogP contribution >= 0.6 is 0 Å². The van der Waals surface area contributed by atoms with Crippen LogP contribution in [0.15, 0.2) is 24.5 Å². The van der Waals surface area contributed by atoms with E-state index >= 15 is 0 Å². The average molecular weight is 265 g/mol. The van der Waals surface area contributed by atoms with Crippen molar-refractivity contribution in [2.75, 3.05) is 6.54 Å². The monoisotopic (exact) mass is 265 g/mol. The molecule has 1 aromatic carbocycles. The van der Waals surface area contributed by atoms with Crippen LogP contribution in [0.25, 0.3) is 0 Å². The van der Waals surface area contributed by atoms with Crippen molar-refractivity contribution < 1.29 is 8.78 Å². The first-order valence-electron chi connectivity index (χ1n) is 6.25. The molecule has 1 atom stereocenters. The molecule has 0 aliphatic heterocycles. The lowest BCUT2D eigenvalue weighted by atomic mass is 10.0. The van der Waals surface area contributed by atoms with Gasteiger partial charge in [-0.1, -0.05) is 0 Å². The number of benzene rings is 1. The fourth-order valence-corrected chi connectivity index (χ4v) is 1.95. The summed E-state index contributed by atoms with van der Waals surface area (Å²) in [6, 6.07) is 2.25. The summed E-state index contributed by atoms with van der Waals surface area (Å²) in [6.45, 7) is 4.01. The summed E-state index contributed by atoms with van der Waals surface area (Å²) in [5.41, 5.74) is 0.673. The minimum Gasteiger partial charge on any atom is -0.349 e. The highest BCUT2D eigenvalue weighted by molar-refractivity contribution is 5.27. The first-order chi connectivity index (χ1) is 9.08. The molecule has 0 amide bonds. The smallest absolute Gasteiger partial charge is 0.128 e. The van der Waals surface area contributed by atoms with E-state index in [1.807, 2.05) is 6.92 Å². The lowest BCUT2D eigenvalue weighted by Gasteiger charge is -2.15. The number of aryl methyl sites for hydroxylation is 1. The molecule has 19 heavy (non-hydrogen) atoms. The van der Waals surface area contributed by atoms with Gasteiger partial charge in [-0.2, -0.15) is 0 Å². The molecule has 102 valence electrons. The molecule has 1 unspecified atom stereocenters. The van der Waals surface area contributed by atoms with Gasteiger partial charge in [0.05, 0.1) is 0 Å². The van der Waals surface area contributed by atoms with Gasteiger partial charge in [0, 0.05) is 37.0 Å². The summed E-state index contributed by atoms with van der Waals surface area (Å²) in [4.78, 5) is 7.09. The standard InChI is InChI=1S/C14H17F2N3/c1-9-7-13(16)11(8-12(9)15)10(2)17-4-3-14-18-5-6-19-14/h5-8,10,17H,3-4H2,1-2H3,(H,18,19). The molecule has 0 saturated heterocycles. The number of nitrogens with one attached hydrogen (secondary N) is 2. The molecule has 0 bridgehead atoms. The van der Waals surface area contributed by atoms with Crippen molar-refractivity contribution in [2.45, 2.75) is 26.3 Å². The first-order valence-corrected chi connectivity index (χ1v) is 6.25. The number of aromatic amines is 1. The van der Waals surface area contributed by atoms with Crippen molar-refractivity contribution in [3.63, 3.8) is 0 Å². The molecule has 0 aliphatic carbocycles. The molecule has 2 N–H and O–H groups in total. The fourth-order valence-electron chi connectivity index (χ4n) is 1.95. The molecule has 1 heterocycles. The number of rotatable bonds is 5. The van der Waals surface area contributed by atoms with Gasteiger partial charge < -0.3 is 10.3 Å². The molecule has 1 aromatic heterocycles. The van der Waals surface area contributed by atoms with Gasteiger partial charge in [-0.05, 0) is 31.5 Å². The van der Waals surface area contributed by atoms with E-state index in [4.69, 9.17) is 0 Å². The van der Waals surface area contributed by atoms with Crippen LogP contribution < -0.4 is 5.32 Å². The van der Waals surface area contributed by atoms with Crippen molar-refractivity contribution in [1.82, 2.24) is 15.3 Å². The van der Waals surface area contributed by atoms with E-state index in [9.17, 15) is 8.78 Å². The maximum Gasteiger partial charge on any atom is 0.128 e. The second-order valence-electron chi connectivity index (χ2n) is 4.58. The number of halogens is 2. The third-order valence-electron chi connectivity index (χ3n) is 3.11. The summed E-state index contributed by atoms with van der Waals surface area (Å²) in [5, 5.41) is 3.16. The van der Waals surface area contributed by atoms with Gasteiger partial charge >= 0.3 is 0 Å². The Bertz CT molecular complexity index is 538. The zero-order chi connectivity index (χ0) is 13.8. The van der Waals surface area contributed by atoms with Crippen LogP contribution in [-0.4, -0.2) is 16.5 Å². The molecular formula is C14H17F2N3. The predicted molar refractivity (Wildman–Crippen MR) is 69.8 cm³/mol. The van der Waals surface area contributed by atoms with E-state index < -0.39 is 0 Å². The molecule has 2 aromatic rings. The number of H-pyrrole nitrogens is 1. The van der Waals surface area contributed by atoms with E-state index in [-0.39, 0.29) is 17.7 Å². The fraction of sp³-hybridized carbons (Fsp3) is 0.357. The highest BCUT2D eigenvalue weighted by Crippen LogP contribution is 2.20. The van der Waals surface area contributed by atoms with Gasteiger partial charge in [0.2, 0.25) is 0 Å². The minimum absolute atomic E-state index is 0.245. The van der Waals surface area contributed by atoms with E-state index in [1.54, 1.807) is 19.3 Å². The van der Waals surface area contributed by atoms with E-state index in [0.29, 0.717) is 24.1 Å². The molecule has 5 heteroatoms. The Balaban J connectivity index is 1.96. The second-order valence-corrected chi connectivity index (χ2v) is 4.58. The first kappa shape index (κ1) is 13.7. The van der Waals surface area contributed by atoms with Crippen LogP contribution in [-0.2, 0) is 6.42 Å². The molecular weight excluding hydrogens is 248 g/mol. The zero-order valence-corrected chi connectivity index (χ0v) is 11.0. The molecule has 0 fully saturated rings.